The molecule has 0 saturated carbocycles. The Hall–Kier alpha value is -1.09. The molecule has 0 spiro atoms. The van der Waals surface area contributed by atoms with Crippen LogP contribution in [0.1, 0.15) is 5.56 Å². The summed E-state index contributed by atoms with van der Waals surface area (Å²) in [5.41, 5.74) is 3.26. The largest absolute Gasteiger partial charge is 0.277 e. The molecule has 0 atom stereocenters. The van der Waals surface area contributed by atoms with Crippen molar-refractivity contribution in [2.75, 3.05) is 5.33 Å². The van der Waals surface area contributed by atoms with Gasteiger partial charge >= 0.3 is 0 Å². The average Bonchev–Trinajstić information content (AvgIpc) is 2.63. The van der Waals surface area contributed by atoms with Gasteiger partial charge in [-0.05, 0) is 5.57 Å². The summed E-state index contributed by atoms with van der Waals surface area (Å²) in [4.78, 5) is 0. The molecule has 13 heavy (non-hydrogen) atoms. The zero-order chi connectivity index (χ0) is 9.26. The van der Waals surface area contributed by atoms with Crippen molar-refractivity contribution < 1.29 is 0 Å². The number of hydrogen-bond donors (Lipinski definition) is 1. The minimum absolute atomic E-state index is 0.783. The smallest absolute Gasteiger partial charge is 0.0725 e. The van der Waals surface area contributed by atoms with Crippen LogP contribution in [0.3, 0.4) is 0 Å². The molecule has 2 rings (SSSR count). The first-order valence-corrected chi connectivity index (χ1v) is 5.11. The molecule has 0 aliphatic rings. The second-order valence-electron chi connectivity index (χ2n) is 2.88. The molecule has 2 nitrogen and oxygen atoms in total. The Bertz CT molecular complexity index is 445. The molecule has 3 heteroatoms. The Morgan fingerprint density at radius 3 is 3.15 bits per heavy atom. The lowest BCUT2D eigenvalue weighted by molar-refractivity contribution is 1.12. The summed E-state index contributed by atoms with van der Waals surface area (Å²) in [6, 6.07) is 6.09. The summed E-state index contributed by atoms with van der Waals surface area (Å²) >= 11 is 3.39. The van der Waals surface area contributed by atoms with E-state index in [2.05, 4.69) is 32.7 Å². The van der Waals surface area contributed by atoms with Gasteiger partial charge < -0.3 is 0 Å². The van der Waals surface area contributed by atoms with Crippen molar-refractivity contribution in [1.29, 1.82) is 0 Å². The van der Waals surface area contributed by atoms with Gasteiger partial charge in [0.25, 0.3) is 0 Å². The number of rotatable bonds is 2. The number of nitrogens with zero attached hydrogens (tertiary/aromatic N) is 1. The van der Waals surface area contributed by atoms with Crippen LogP contribution in [-0.2, 0) is 0 Å². The van der Waals surface area contributed by atoms with Gasteiger partial charge in [-0.1, -0.05) is 40.7 Å². The van der Waals surface area contributed by atoms with Crippen molar-refractivity contribution in [2.45, 2.75) is 0 Å². The average molecular weight is 237 g/mol. The quantitative estimate of drug-likeness (QED) is 0.799. The minimum Gasteiger partial charge on any atom is -0.277 e. The summed E-state index contributed by atoms with van der Waals surface area (Å²) in [6.07, 6.45) is 1.82. The molecule has 0 bridgehead atoms. The van der Waals surface area contributed by atoms with E-state index in [4.69, 9.17) is 0 Å². The SMILES string of the molecule is C=C(CBr)c1cccc2cn[nH]c12. The molecule has 0 saturated heterocycles. The van der Waals surface area contributed by atoms with Crippen LogP contribution in [0.5, 0.6) is 0 Å². The van der Waals surface area contributed by atoms with Crippen molar-refractivity contribution in [3.05, 3.63) is 36.5 Å². The topological polar surface area (TPSA) is 28.7 Å². The lowest BCUT2D eigenvalue weighted by Gasteiger charge is -2.02. The van der Waals surface area contributed by atoms with Crippen molar-refractivity contribution in [3.8, 4) is 0 Å². The number of allylic oxidation sites excluding steroid dienone is 1. The Morgan fingerprint density at radius 2 is 2.38 bits per heavy atom. The third-order valence-electron chi connectivity index (χ3n) is 2.02. The molecule has 1 aromatic heterocycles. The first-order chi connectivity index (χ1) is 6.33. The van der Waals surface area contributed by atoms with Crippen molar-refractivity contribution in [1.82, 2.24) is 10.2 Å². The summed E-state index contributed by atoms with van der Waals surface area (Å²) in [6.45, 7) is 3.98. The predicted octanol–water partition coefficient (Wildman–Crippen LogP) is 2.97. The number of H-pyrrole nitrogens is 1. The second-order valence-corrected chi connectivity index (χ2v) is 3.44. The van der Waals surface area contributed by atoms with Gasteiger partial charge in [-0.2, -0.15) is 5.10 Å². The second kappa shape index (κ2) is 3.34. The van der Waals surface area contributed by atoms with Gasteiger partial charge in [-0.15, -0.1) is 0 Å². The van der Waals surface area contributed by atoms with Gasteiger partial charge in [0.2, 0.25) is 0 Å². The maximum absolute atomic E-state index is 4.00. The number of alkyl halides is 1. The first-order valence-electron chi connectivity index (χ1n) is 3.99. The lowest BCUT2D eigenvalue weighted by atomic mass is 10.1. The highest BCUT2D eigenvalue weighted by molar-refractivity contribution is 9.09. The van der Waals surface area contributed by atoms with E-state index in [1.165, 1.54) is 0 Å². The number of benzene rings is 1. The number of nitrogens with one attached hydrogen (secondary N) is 1. The maximum Gasteiger partial charge on any atom is 0.0725 e. The highest BCUT2D eigenvalue weighted by Gasteiger charge is 2.04. The third-order valence-corrected chi connectivity index (χ3v) is 2.70. The highest BCUT2D eigenvalue weighted by atomic mass is 79.9. The molecule has 66 valence electrons. The van der Waals surface area contributed by atoms with Gasteiger partial charge in [0.1, 0.15) is 0 Å². The van der Waals surface area contributed by atoms with Gasteiger partial charge in [0.15, 0.2) is 0 Å². The van der Waals surface area contributed by atoms with Crippen LogP contribution >= 0.6 is 15.9 Å². The number of halogens is 1. The van der Waals surface area contributed by atoms with Gasteiger partial charge in [0, 0.05) is 16.3 Å². The van der Waals surface area contributed by atoms with Crippen LogP contribution in [0.4, 0.5) is 0 Å². The van der Waals surface area contributed by atoms with E-state index in [0.29, 0.717) is 0 Å². The molecule has 0 fully saturated rings. The zero-order valence-electron chi connectivity index (χ0n) is 7.05. The Labute approximate surface area is 84.8 Å². The molecule has 1 N–H and O–H groups in total. The summed E-state index contributed by atoms with van der Waals surface area (Å²) in [5, 5.41) is 8.88. The fourth-order valence-corrected chi connectivity index (χ4v) is 1.64. The normalized spacial score (nSPS) is 10.5. The molecule has 0 radical (unpaired) electrons. The minimum atomic E-state index is 0.783. The van der Waals surface area contributed by atoms with E-state index < -0.39 is 0 Å². The van der Waals surface area contributed by atoms with E-state index in [1.807, 2.05) is 24.4 Å². The van der Waals surface area contributed by atoms with E-state index in [0.717, 1.165) is 27.4 Å². The van der Waals surface area contributed by atoms with Crippen LogP contribution in [0, 0.1) is 0 Å². The Morgan fingerprint density at radius 1 is 1.54 bits per heavy atom. The number of aromatic nitrogens is 2. The van der Waals surface area contributed by atoms with Crippen LogP contribution < -0.4 is 0 Å². The third kappa shape index (κ3) is 1.40. The summed E-state index contributed by atoms with van der Waals surface area (Å²) in [5.74, 6) is 0. The van der Waals surface area contributed by atoms with Crippen LogP contribution in [0.25, 0.3) is 16.5 Å². The van der Waals surface area contributed by atoms with Gasteiger partial charge in [-0.25, -0.2) is 0 Å². The molecular weight excluding hydrogens is 228 g/mol. The molecule has 0 aliphatic carbocycles. The number of aromatic amines is 1. The van der Waals surface area contributed by atoms with Gasteiger partial charge in [-0.3, -0.25) is 5.10 Å². The molecular formula is C10H9BrN2. The first kappa shape index (κ1) is 8.51. The fourth-order valence-electron chi connectivity index (χ4n) is 1.34. The highest BCUT2D eigenvalue weighted by Crippen LogP contribution is 2.22. The van der Waals surface area contributed by atoms with Crippen molar-refractivity contribution in [2.24, 2.45) is 0 Å². The van der Waals surface area contributed by atoms with E-state index >= 15 is 0 Å². The molecule has 0 amide bonds. The summed E-state index contributed by atoms with van der Waals surface area (Å²) in [7, 11) is 0. The fraction of sp³-hybridized carbons (Fsp3) is 0.100. The van der Waals surface area contributed by atoms with E-state index in [1.54, 1.807) is 0 Å². The van der Waals surface area contributed by atoms with Crippen molar-refractivity contribution in [3.63, 3.8) is 0 Å². The zero-order valence-corrected chi connectivity index (χ0v) is 8.63. The number of para-hydroxylation sites is 1. The molecule has 1 aromatic carbocycles. The Kier molecular flexibility index (Phi) is 2.19. The molecule has 0 aliphatic heterocycles. The number of hydrogen-bond acceptors (Lipinski definition) is 1. The van der Waals surface area contributed by atoms with Gasteiger partial charge in [0.05, 0.1) is 11.7 Å². The van der Waals surface area contributed by atoms with Crippen molar-refractivity contribution >= 4 is 32.4 Å². The molecule has 0 unspecified atom stereocenters. The van der Waals surface area contributed by atoms with E-state index in [9.17, 15) is 0 Å². The van der Waals surface area contributed by atoms with Crippen LogP contribution in [0.2, 0.25) is 0 Å². The molecule has 2 aromatic rings. The summed E-state index contributed by atoms with van der Waals surface area (Å²) < 4.78 is 0. The predicted molar refractivity (Wildman–Crippen MR) is 58.9 cm³/mol. The van der Waals surface area contributed by atoms with Crippen LogP contribution in [-0.4, -0.2) is 15.5 Å². The van der Waals surface area contributed by atoms with E-state index in [-0.39, 0.29) is 0 Å². The standard InChI is InChI=1S/C10H9BrN2/c1-7(5-11)9-4-2-3-8-6-12-13-10(8)9/h2-4,6H,1,5H2,(H,12,13). The lowest BCUT2D eigenvalue weighted by Crippen LogP contribution is -1.85. The monoisotopic (exact) mass is 236 g/mol. The maximum atomic E-state index is 4.00. The van der Waals surface area contributed by atoms with Crippen LogP contribution in [0.15, 0.2) is 31.0 Å². The Balaban J connectivity index is 2.67. The number of fused-ring (bicyclic) bond motifs is 1. The molecule has 1 heterocycles.